The molecule has 3 aromatic rings. The highest BCUT2D eigenvalue weighted by molar-refractivity contribution is 5.94. The van der Waals surface area contributed by atoms with Gasteiger partial charge in [0, 0.05) is 30.9 Å². The molecule has 7 nitrogen and oxygen atoms in total. The van der Waals surface area contributed by atoms with E-state index in [1.54, 1.807) is 17.2 Å². The fraction of sp³-hybridized carbons (Fsp3) is 0.304. The average molecular weight is 423 g/mol. The zero-order valence-corrected chi connectivity index (χ0v) is 17.1. The first-order valence-electron chi connectivity index (χ1n) is 10.1. The van der Waals surface area contributed by atoms with Gasteiger partial charge < -0.3 is 9.64 Å². The minimum atomic E-state index is -0.457. The smallest absolute Gasteiger partial charge is 0.311 e. The van der Waals surface area contributed by atoms with Gasteiger partial charge in [0.2, 0.25) is 0 Å². The van der Waals surface area contributed by atoms with Crippen LogP contribution in [0.4, 0.5) is 4.39 Å². The second-order valence-electron chi connectivity index (χ2n) is 7.72. The third-order valence-corrected chi connectivity index (χ3v) is 5.37. The highest BCUT2D eigenvalue weighted by Crippen LogP contribution is 2.20. The van der Waals surface area contributed by atoms with Crippen LogP contribution in [0.25, 0.3) is 5.65 Å². The van der Waals surface area contributed by atoms with Crippen molar-refractivity contribution in [1.29, 1.82) is 0 Å². The Balaban J connectivity index is 1.40. The van der Waals surface area contributed by atoms with Crippen LogP contribution >= 0.6 is 0 Å². The van der Waals surface area contributed by atoms with E-state index in [9.17, 15) is 18.8 Å². The van der Waals surface area contributed by atoms with Crippen molar-refractivity contribution in [2.75, 3.05) is 13.1 Å². The molecule has 1 saturated heterocycles. The minimum absolute atomic E-state index is 0.110. The van der Waals surface area contributed by atoms with Crippen LogP contribution in [0.1, 0.15) is 34.5 Å². The van der Waals surface area contributed by atoms with E-state index in [-0.39, 0.29) is 24.6 Å². The van der Waals surface area contributed by atoms with Crippen LogP contribution in [0.2, 0.25) is 0 Å². The summed E-state index contributed by atoms with van der Waals surface area (Å²) in [5, 5.41) is 0. The van der Waals surface area contributed by atoms with E-state index < -0.39 is 17.7 Å². The van der Waals surface area contributed by atoms with Crippen LogP contribution in [0.15, 0.2) is 53.5 Å². The molecule has 160 valence electrons. The maximum absolute atomic E-state index is 13.1. The Morgan fingerprint density at radius 2 is 1.97 bits per heavy atom. The largest absolute Gasteiger partial charge is 0.459 e. The van der Waals surface area contributed by atoms with E-state index in [1.165, 1.54) is 34.7 Å². The van der Waals surface area contributed by atoms with E-state index in [0.717, 1.165) is 5.56 Å². The van der Waals surface area contributed by atoms with E-state index in [4.69, 9.17) is 4.74 Å². The van der Waals surface area contributed by atoms with Crippen LogP contribution in [-0.2, 0) is 16.1 Å². The molecule has 4 rings (SSSR count). The number of ether oxygens (including phenoxy) is 1. The second-order valence-corrected chi connectivity index (χ2v) is 7.72. The van der Waals surface area contributed by atoms with Gasteiger partial charge in [0.05, 0.1) is 11.6 Å². The Bertz CT molecular complexity index is 1190. The third-order valence-electron chi connectivity index (χ3n) is 5.37. The zero-order chi connectivity index (χ0) is 22.0. The molecule has 1 aliphatic rings. The number of halogens is 1. The maximum Gasteiger partial charge on any atom is 0.311 e. The molecule has 1 atom stereocenters. The van der Waals surface area contributed by atoms with Crippen LogP contribution in [0, 0.1) is 18.7 Å². The first kappa shape index (κ1) is 20.7. The summed E-state index contributed by atoms with van der Waals surface area (Å²) in [7, 11) is 0. The molecule has 2 aromatic heterocycles. The number of aromatic nitrogens is 2. The van der Waals surface area contributed by atoms with Gasteiger partial charge in [-0.15, -0.1) is 0 Å². The van der Waals surface area contributed by atoms with E-state index in [2.05, 4.69) is 4.98 Å². The van der Waals surface area contributed by atoms with E-state index in [0.29, 0.717) is 36.3 Å². The minimum Gasteiger partial charge on any atom is -0.459 e. The molecule has 0 bridgehead atoms. The Labute approximate surface area is 178 Å². The van der Waals surface area contributed by atoms with Gasteiger partial charge in [-0.3, -0.25) is 18.8 Å². The van der Waals surface area contributed by atoms with Crippen molar-refractivity contribution in [3.8, 4) is 0 Å². The lowest BCUT2D eigenvalue weighted by atomic mass is 9.97. The number of hydrogen-bond acceptors (Lipinski definition) is 5. The number of likely N-dealkylation sites (tertiary alicyclic amines) is 1. The van der Waals surface area contributed by atoms with Crippen LogP contribution in [0.5, 0.6) is 0 Å². The number of amides is 1. The highest BCUT2D eigenvalue weighted by Gasteiger charge is 2.30. The normalized spacial score (nSPS) is 16.3. The summed E-state index contributed by atoms with van der Waals surface area (Å²) in [4.78, 5) is 43.5. The molecule has 3 heterocycles. The van der Waals surface area contributed by atoms with Crippen molar-refractivity contribution in [3.05, 3.63) is 81.7 Å². The number of piperidine rings is 1. The van der Waals surface area contributed by atoms with Crippen molar-refractivity contribution in [1.82, 2.24) is 14.3 Å². The molecule has 1 aliphatic heterocycles. The van der Waals surface area contributed by atoms with Crippen LogP contribution in [-0.4, -0.2) is 39.3 Å². The number of aryl methyl sites for hydroxylation is 1. The molecule has 8 heteroatoms. The number of benzene rings is 1. The first-order valence-corrected chi connectivity index (χ1v) is 10.1. The topological polar surface area (TPSA) is 81.0 Å². The fourth-order valence-corrected chi connectivity index (χ4v) is 3.72. The summed E-state index contributed by atoms with van der Waals surface area (Å²) >= 11 is 0. The predicted octanol–water partition coefficient (Wildman–Crippen LogP) is 2.74. The molecular formula is C23H22FN3O4. The van der Waals surface area contributed by atoms with Gasteiger partial charge in [-0.2, -0.15) is 0 Å². The van der Waals surface area contributed by atoms with Crippen molar-refractivity contribution in [2.24, 2.45) is 5.92 Å². The summed E-state index contributed by atoms with van der Waals surface area (Å²) in [5.41, 5.74) is 1.97. The zero-order valence-electron chi connectivity index (χ0n) is 17.1. The average Bonchev–Trinajstić information content (AvgIpc) is 2.77. The second kappa shape index (κ2) is 8.67. The lowest BCUT2D eigenvalue weighted by Crippen LogP contribution is -2.42. The number of esters is 1. The SMILES string of the molecule is Cc1ccn2c(=O)cc(COC(=O)[C@@H]3CCCN(C(=O)c4ccc(F)cc4)C3)nc2c1. The Hall–Kier alpha value is -3.55. The molecule has 0 spiro atoms. The number of carbonyl (C=O) groups excluding carboxylic acids is 2. The standard InChI is InChI=1S/C23H22FN3O4/c1-15-8-10-27-20(11-15)25-19(12-21(27)28)14-31-23(30)17-3-2-9-26(13-17)22(29)16-4-6-18(24)7-5-16/h4-8,10-12,17H,2-3,9,13-14H2,1H3/t17-/m1/s1. The van der Waals surface area contributed by atoms with Crippen LogP contribution in [0.3, 0.4) is 0 Å². The number of fused-ring (bicyclic) bond motifs is 1. The molecule has 1 aromatic carbocycles. The molecule has 0 N–H and O–H groups in total. The van der Waals surface area contributed by atoms with Crippen molar-refractivity contribution < 1.29 is 18.7 Å². The third kappa shape index (κ3) is 4.63. The molecule has 0 unspecified atom stereocenters. The highest BCUT2D eigenvalue weighted by atomic mass is 19.1. The van der Waals surface area contributed by atoms with Crippen molar-refractivity contribution in [2.45, 2.75) is 26.4 Å². The Kier molecular flexibility index (Phi) is 5.79. The summed E-state index contributed by atoms with van der Waals surface area (Å²) in [6.07, 6.45) is 2.94. The van der Waals surface area contributed by atoms with Crippen molar-refractivity contribution in [3.63, 3.8) is 0 Å². The number of hydrogen-bond donors (Lipinski definition) is 0. The molecule has 31 heavy (non-hydrogen) atoms. The van der Waals surface area contributed by atoms with Gasteiger partial charge in [-0.25, -0.2) is 9.37 Å². The number of rotatable bonds is 4. The number of carbonyl (C=O) groups is 2. The summed E-state index contributed by atoms with van der Waals surface area (Å²) in [6, 6.07) is 10.3. The molecule has 1 amide bonds. The molecule has 0 radical (unpaired) electrons. The molecule has 0 aliphatic carbocycles. The van der Waals surface area contributed by atoms with Gasteiger partial charge in [-0.1, -0.05) is 0 Å². The quantitative estimate of drug-likeness (QED) is 0.603. The Morgan fingerprint density at radius 3 is 2.74 bits per heavy atom. The predicted molar refractivity (Wildman–Crippen MR) is 111 cm³/mol. The molecular weight excluding hydrogens is 401 g/mol. The fourth-order valence-electron chi connectivity index (χ4n) is 3.72. The number of pyridine rings is 1. The lowest BCUT2D eigenvalue weighted by molar-refractivity contribution is -0.151. The summed E-state index contributed by atoms with van der Waals surface area (Å²) in [5.74, 6) is -1.53. The van der Waals surface area contributed by atoms with Gasteiger partial charge in [-0.05, 0) is 61.7 Å². The molecule has 1 fully saturated rings. The maximum atomic E-state index is 13.1. The summed E-state index contributed by atoms with van der Waals surface area (Å²) < 4.78 is 19.9. The number of nitrogens with zero attached hydrogens (tertiary/aromatic N) is 3. The van der Waals surface area contributed by atoms with E-state index in [1.807, 2.05) is 13.0 Å². The van der Waals surface area contributed by atoms with Gasteiger partial charge in [0.25, 0.3) is 11.5 Å². The first-order chi connectivity index (χ1) is 14.9. The van der Waals surface area contributed by atoms with Gasteiger partial charge >= 0.3 is 5.97 Å². The monoisotopic (exact) mass is 423 g/mol. The van der Waals surface area contributed by atoms with Gasteiger partial charge in [0.15, 0.2) is 0 Å². The summed E-state index contributed by atoms with van der Waals surface area (Å²) in [6.45, 7) is 2.56. The van der Waals surface area contributed by atoms with Gasteiger partial charge in [0.1, 0.15) is 18.1 Å². The lowest BCUT2D eigenvalue weighted by Gasteiger charge is -2.31. The van der Waals surface area contributed by atoms with Crippen molar-refractivity contribution >= 4 is 17.5 Å². The Morgan fingerprint density at radius 1 is 1.19 bits per heavy atom. The van der Waals surface area contributed by atoms with Crippen LogP contribution < -0.4 is 5.56 Å². The molecule has 0 saturated carbocycles. The van der Waals surface area contributed by atoms with E-state index >= 15 is 0 Å².